The molecule has 0 radical (unpaired) electrons. The van der Waals surface area contributed by atoms with Crippen LogP contribution in [0.4, 0.5) is 0 Å². The molecule has 2 N–H and O–H groups in total. The Hall–Kier alpha value is -1.64. The molecule has 0 aromatic heterocycles. The molecular weight excluding hydrogens is 220 g/mol. The maximum atomic E-state index is 3.43. The summed E-state index contributed by atoms with van der Waals surface area (Å²) >= 11 is 0. The van der Waals surface area contributed by atoms with Crippen molar-refractivity contribution in [1.29, 1.82) is 0 Å². The molecule has 0 spiro atoms. The largest absolute Gasteiger partial charge is 0.250 e. The Morgan fingerprint density at radius 2 is 1.00 bits per heavy atom. The SMILES string of the molecule is c1ccc([C@@H]2CC[C@@H](c3ccccc3)NN2)cc1. The summed E-state index contributed by atoms with van der Waals surface area (Å²) in [7, 11) is 0. The Labute approximate surface area is 108 Å². The van der Waals surface area contributed by atoms with Crippen LogP contribution in [0, 0.1) is 0 Å². The first kappa shape index (κ1) is 11.5. The number of rotatable bonds is 2. The molecule has 0 aliphatic carbocycles. The molecule has 2 nitrogen and oxygen atoms in total. The molecule has 0 amide bonds. The van der Waals surface area contributed by atoms with Crippen molar-refractivity contribution in [3.63, 3.8) is 0 Å². The van der Waals surface area contributed by atoms with Gasteiger partial charge < -0.3 is 0 Å². The summed E-state index contributed by atoms with van der Waals surface area (Å²) in [4.78, 5) is 0. The van der Waals surface area contributed by atoms with Gasteiger partial charge in [-0.05, 0) is 24.0 Å². The van der Waals surface area contributed by atoms with Crippen LogP contribution in [0.2, 0.25) is 0 Å². The molecule has 2 aromatic rings. The van der Waals surface area contributed by atoms with Crippen LogP contribution in [0.15, 0.2) is 60.7 Å². The second kappa shape index (κ2) is 5.34. The van der Waals surface area contributed by atoms with E-state index < -0.39 is 0 Å². The monoisotopic (exact) mass is 238 g/mol. The van der Waals surface area contributed by atoms with E-state index in [0.29, 0.717) is 12.1 Å². The smallest absolute Gasteiger partial charge is 0.0463 e. The third-order valence-corrected chi connectivity index (χ3v) is 3.58. The topological polar surface area (TPSA) is 24.1 Å². The summed E-state index contributed by atoms with van der Waals surface area (Å²) in [6.07, 6.45) is 2.33. The number of hydrazine groups is 1. The van der Waals surface area contributed by atoms with Gasteiger partial charge in [-0.3, -0.25) is 0 Å². The van der Waals surface area contributed by atoms with E-state index in [1.165, 1.54) is 11.1 Å². The first-order valence-corrected chi connectivity index (χ1v) is 6.54. The minimum absolute atomic E-state index is 0.422. The molecule has 1 saturated heterocycles. The Bertz CT molecular complexity index is 425. The second-order valence-electron chi connectivity index (χ2n) is 4.79. The van der Waals surface area contributed by atoms with Crippen molar-refractivity contribution in [1.82, 2.24) is 10.9 Å². The third-order valence-electron chi connectivity index (χ3n) is 3.58. The lowest BCUT2D eigenvalue weighted by Crippen LogP contribution is -2.42. The number of benzene rings is 2. The number of hydrogen-bond donors (Lipinski definition) is 2. The van der Waals surface area contributed by atoms with Crippen LogP contribution in [-0.4, -0.2) is 0 Å². The van der Waals surface area contributed by atoms with Crippen LogP contribution in [0.1, 0.15) is 36.1 Å². The van der Waals surface area contributed by atoms with E-state index in [1.54, 1.807) is 0 Å². The molecule has 2 atom stereocenters. The molecule has 92 valence electrons. The predicted octanol–water partition coefficient (Wildman–Crippen LogP) is 3.36. The van der Waals surface area contributed by atoms with Gasteiger partial charge in [-0.15, -0.1) is 0 Å². The molecule has 0 saturated carbocycles. The molecular formula is C16H18N2. The quantitative estimate of drug-likeness (QED) is 0.838. The molecule has 18 heavy (non-hydrogen) atoms. The zero-order valence-electron chi connectivity index (χ0n) is 10.3. The van der Waals surface area contributed by atoms with Crippen LogP contribution in [0.5, 0.6) is 0 Å². The zero-order chi connectivity index (χ0) is 12.2. The van der Waals surface area contributed by atoms with Crippen molar-refractivity contribution in [3.05, 3.63) is 71.8 Å². The summed E-state index contributed by atoms with van der Waals surface area (Å²) in [6.45, 7) is 0. The Morgan fingerprint density at radius 1 is 0.611 bits per heavy atom. The summed E-state index contributed by atoms with van der Waals surface area (Å²) in [5.74, 6) is 0. The van der Waals surface area contributed by atoms with E-state index in [-0.39, 0.29) is 0 Å². The van der Waals surface area contributed by atoms with Gasteiger partial charge in [0.05, 0.1) is 0 Å². The summed E-state index contributed by atoms with van der Waals surface area (Å²) in [5, 5.41) is 0. The van der Waals surface area contributed by atoms with Crippen molar-refractivity contribution in [2.45, 2.75) is 24.9 Å². The van der Waals surface area contributed by atoms with E-state index in [0.717, 1.165) is 12.8 Å². The van der Waals surface area contributed by atoms with E-state index in [4.69, 9.17) is 0 Å². The summed E-state index contributed by atoms with van der Waals surface area (Å²) in [6, 6.07) is 22.1. The minimum atomic E-state index is 0.422. The Morgan fingerprint density at radius 3 is 1.33 bits per heavy atom. The van der Waals surface area contributed by atoms with Crippen LogP contribution in [0.3, 0.4) is 0 Å². The predicted molar refractivity (Wildman–Crippen MR) is 73.9 cm³/mol. The molecule has 1 fully saturated rings. The van der Waals surface area contributed by atoms with Crippen LogP contribution in [0.25, 0.3) is 0 Å². The maximum absolute atomic E-state index is 3.43. The van der Waals surface area contributed by atoms with Crippen molar-refractivity contribution >= 4 is 0 Å². The molecule has 1 aliphatic rings. The Kier molecular flexibility index (Phi) is 3.40. The Balaban J connectivity index is 1.65. The van der Waals surface area contributed by atoms with E-state index in [9.17, 15) is 0 Å². The highest BCUT2D eigenvalue weighted by atomic mass is 15.4. The van der Waals surface area contributed by atoms with Gasteiger partial charge >= 0.3 is 0 Å². The molecule has 0 bridgehead atoms. The zero-order valence-corrected chi connectivity index (χ0v) is 10.3. The molecule has 1 aliphatic heterocycles. The highest BCUT2D eigenvalue weighted by Crippen LogP contribution is 2.28. The normalized spacial score (nSPS) is 23.8. The lowest BCUT2D eigenvalue weighted by Gasteiger charge is -2.31. The molecule has 0 unspecified atom stereocenters. The first-order chi connectivity index (χ1) is 8.93. The van der Waals surface area contributed by atoms with Gasteiger partial charge in [0.15, 0.2) is 0 Å². The minimum Gasteiger partial charge on any atom is -0.250 e. The highest BCUT2D eigenvalue weighted by Gasteiger charge is 2.21. The molecule has 2 heteroatoms. The van der Waals surface area contributed by atoms with Gasteiger partial charge in [0, 0.05) is 12.1 Å². The van der Waals surface area contributed by atoms with Crippen molar-refractivity contribution in [2.75, 3.05) is 0 Å². The fraction of sp³-hybridized carbons (Fsp3) is 0.250. The van der Waals surface area contributed by atoms with Gasteiger partial charge in [0.25, 0.3) is 0 Å². The van der Waals surface area contributed by atoms with Crippen LogP contribution in [-0.2, 0) is 0 Å². The third kappa shape index (κ3) is 2.45. The average Bonchev–Trinajstić information content (AvgIpc) is 2.49. The number of hydrogen-bond acceptors (Lipinski definition) is 2. The highest BCUT2D eigenvalue weighted by molar-refractivity contribution is 5.22. The molecule has 1 heterocycles. The average molecular weight is 238 g/mol. The summed E-state index contributed by atoms with van der Waals surface area (Å²) < 4.78 is 0. The van der Waals surface area contributed by atoms with E-state index in [1.807, 2.05) is 0 Å². The molecule has 3 rings (SSSR count). The van der Waals surface area contributed by atoms with Gasteiger partial charge in [0.1, 0.15) is 0 Å². The maximum Gasteiger partial charge on any atom is 0.0463 e. The van der Waals surface area contributed by atoms with Gasteiger partial charge in [-0.2, -0.15) is 0 Å². The van der Waals surface area contributed by atoms with Crippen molar-refractivity contribution in [3.8, 4) is 0 Å². The lowest BCUT2D eigenvalue weighted by molar-refractivity contribution is 0.282. The summed E-state index contributed by atoms with van der Waals surface area (Å²) in [5.41, 5.74) is 9.58. The van der Waals surface area contributed by atoms with Gasteiger partial charge in [-0.1, -0.05) is 60.7 Å². The van der Waals surface area contributed by atoms with E-state index >= 15 is 0 Å². The van der Waals surface area contributed by atoms with E-state index in [2.05, 4.69) is 71.5 Å². The van der Waals surface area contributed by atoms with Gasteiger partial charge in [-0.25, -0.2) is 10.9 Å². The number of nitrogens with one attached hydrogen (secondary N) is 2. The van der Waals surface area contributed by atoms with Crippen LogP contribution < -0.4 is 10.9 Å². The van der Waals surface area contributed by atoms with Crippen molar-refractivity contribution < 1.29 is 0 Å². The van der Waals surface area contributed by atoms with Crippen LogP contribution >= 0.6 is 0 Å². The molecule has 2 aromatic carbocycles. The first-order valence-electron chi connectivity index (χ1n) is 6.54. The fourth-order valence-corrected chi connectivity index (χ4v) is 2.55. The lowest BCUT2D eigenvalue weighted by atomic mass is 9.94. The standard InChI is InChI=1S/C16H18N2/c1-3-7-13(8-4-1)15-11-12-16(18-17-15)14-9-5-2-6-10-14/h1-10,15-18H,11-12H2/t15-,16-/m0/s1. The van der Waals surface area contributed by atoms with Crippen molar-refractivity contribution in [2.24, 2.45) is 0 Å². The second-order valence-corrected chi connectivity index (χ2v) is 4.79. The van der Waals surface area contributed by atoms with Gasteiger partial charge in [0.2, 0.25) is 0 Å². The fourth-order valence-electron chi connectivity index (χ4n) is 2.55.